The van der Waals surface area contributed by atoms with Gasteiger partial charge in [-0.05, 0) is 17.5 Å². The van der Waals surface area contributed by atoms with Crippen molar-refractivity contribution < 1.29 is 27.5 Å². The molecule has 150 valence electrons. The second kappa shape index (κ2) is 8.36. The van der Waals surface area contributed by atoms with Gasteiger partial charge in [-0.15, -0.1) is 11.3 Å². The minimum Gasteiger partial charge on any atom is -0.451 e. The summed E-state index contributed by atoms with van der Waals surface area (Å²) in [4.78, 5) is 31.5. The maximum atomic E-state index is 12.7. The Balaban J connectivity index is 1.53. The van der Waals surface area contributed by atoms with Crippen molar-refractivity contribution in [3.8, 4) is 0 Å². The highest BCUT2D eigenvalue weighted by molar-refractivity contribution is 7.11. The van der Waals surface area contributed by atoms with Gasteiger partial charge in [0.2, 0.25) is 0 Å². The van der Waals surface area contributed by atoms with Gasteiger partial charge in [0.1, 0.15) is 10.7 Å². The summed E-state index contributed by atoms with van der Waals surface area (Å²) in [6.07, 6.45) is -3.77. The molecule has 3 heterocycles. The first-order chi connectivity index (χ1) is 13.3. The fourth-order valence-corrected chi connectivity index (χ4v) is 3.57. The second-order valence-electron chi connectivity index (χ2n) is 5.95. The summed E-state index contributed by atoms with van der Waals surface area (Å²) in [7, 11) is 0. The van der Waals surface area contributed by atoms with E-state index >= 15 is 0 Å². The zero-order valence-electron chi connectivity index (χ0n) is 14.4. The lowest BCUT2D eigenvalue weighted by atomic mass is 10.2. The zero-order chi connectivity index (χ0) is 20.3. The number of carbonyl (C=O) groups is 2. The van der Waals surface area contributed by atoms with Gasteiger partial charge in [0.25, 0.3) is 5.91 Å². The van der Waals surface area contributed by atoms with E-state index in [4.69, 9.17) is 16.3 Å². The van der Waals surface area contributed by atoms with Crippen molar-refractivity contribution in [2.45, 2.75) is 6.18 Å². The summed E-state index contributed by atoms with van der Waals surface area (Å²) >= 11 is 7.18. The molecule has 0 spiro atoms. The van der Waals surface area contributed by atoms with E-state index in [2.05, 4.69) is 4.98 Å². The predicted octanol–water partition coefficient (Wildman–Crippen LogP) is 3.32. The van der Waals surface area contributed by atoms with Crippen molar-refractivity contribution in [1.29, 1.82) is 0 Å². The maximum absolute atomic E-state index is 12.7. The van der Waals surface area contributed by atoms with E-state index in [1.165, 1.54) is 16.2 Å². The molecular weight excluding hydrogens is 419 g/mol. The van der Waals surface area contributed by atoms with E-state index < -0.39 is 17.7 Å². The molecule has 1 amide bonds. The first kappa shape index (κ1) is 20.4. The van der Waals surface area contributed by atoms with Gasteiger partial charge in [-0.25, -0.2) is 9.78 Å². The van der Waals surface area contributed by atoms with Crippen molar-refractivity contribution >= 4 is 40.6 Å². The number of nitrogens with zero attached hydrogens (tertiary/aromatic N) is 3. The van der Waals surface area contributed by atoms with Gasteiger partial charge in [-0.1, -0.05) is 17.7 Å². The van der Waals surface area contributed by atoms with Crippen molar-refractivity contribution in [2.24, 2.45) is 0 Å². The number of thiophene rings is 1. The second-order valence-corrected chi connectivity index (χ2v) is 7.30. The smallest absolute Gasteiger partial charge is 0.417 e. The number of rotatable bonds is 4. The predicted molar refractivity (Wildman–Crippen MR) is 97.6 cm³/mol. The molecule has 3 rings (SSSR count). The van der Waals surface area contributed by atoms with Crippen LogP contribution in [0.2, 0.25) is 5.02 Å². The Morgan fingerprint density at radius 2 is 1.96 bits per heavy atom. The number of amides is 1. The largest absolute Gasteiger partial charge is 0.451 e. The maximum Gasteiger partial charge on any atom is 0.417 e. The van der Waals surface area contributed by atoms with Crippen LogP contribution in [-0.2, 0) is 15.7 Å². The van der Waals surface area contributed by atoms with Crippen LogP contribution < -0.4 is 4.90 Å². The van der Waals surface area contributed by atoms with E-state index in [0.717, 1.165) is 12.3 Å². The summed E-state index contributed by atoms with van der Waals surface area (Å²) < 4.78 is 43.1. The number of aromatic nitrogens is 1. The Hall–Kier alpha value is -2.33. The number of carbonyl (C=O) groups excluding carboxylic acids is 2. The molecule has 2 aromatic rings. The van der Waals surface area contributed by atoms with Gasteiger partial charge in [-0.3, -0.25) is 4.79 Å². The fraction of sp³-hybridized carbons (Fsp3) is 0.353. The number of hydrogen-bond acceptors (Lipinski definition) is 6. The van der Waals surface area contributed by atoms with Crippen LogP contribution in [0.15, 0.2) is 29.8 Å². The van der Waals surface area contributed by atoms with Crippen LogP contribution in [-0.4, -0.2) is 54.5 Å². The molecule has 0 saturated carbocycles. The molecule has 1 aliphatic rings. The van der Waals surface area contributed by atoms with Crippen LogP contribution in [0.5, 0.6) is 0 Å². The number of pyridine rings is 1. The molecule has 0 aromatic carbocycles. The molecule has 0 radical (unpaired) electrons. The third kappa shape index (κ3) is 4.74. The minimum absolute atomic E-state index is 0.0977. The number of esters is 1. The van der Waals surface area contributed by atoms with Crippen molar-refractivity contribution in [2.75, 3.05) is 37.7 Å². The first-order valence-electron chi connectivity index (χ1n) is 8.22. The molecule has 1 aliphatic heterocycles. The summed E-state index contributed by atoms with van der Waals surface area (Å²) in [5.41, 5.74) is -0.914. The molecule has 1 saturated heterocycles. The van der Waals surface area contributed by atoms with Gasteiger partial charge < -0.3 is 14.5 Å². The van der Waals surface area contributed by atoms with E-state index in [1.54, 1.807) is 22.4 Å². The topological polar surface area (TPSA) is 62.7 Å². The number of halogens is 4. The standard InChI is InChI=1S/C17H15ClF3N3O3S/c18-12-8-11(17(19,20)21)9-22-15(12)24-5-3-23(4-6-24)14(25)10-27-16(26)13-2-1-7-28-13/h1-2,7-9H,3-6,10H2. The fourth-order valence-electron chi connectivity index (χ4n) is 2.67. The van der Waals surface area contributed by atoms with Gasteiger partial charge in [0.15, 0.2) is 6.61 Å². The normalized spacial score (nSPS) is 14.9. The zero-order valence-corrected chi connectivity index (χ0v) is 16.0. The van der Waals surface area contributed by atoms with Crippen LogP contribution in [0, 0.1) is 0 Å². The molecule has 1 fully saturated rings. The van der Waals surface area contributed by atoms with Gasteiger partial charge in [-0.2, -0.15) is 13.2 Å². The number of alkyl halides is 3. The van der Waals surface area contributed by atoms with Gasteiger partial charge in [0.05, 0.1) is 10.6 Å². The lowest BCUT2D eigenvalue weighted by Gasteiger charge is -2.35. The first-order valence-corrected chi connectivity index (χ1v) is 9.47. The Morgan fingerprint density at radius 1 is 1.25 bits per heavy atom. The Labute approximate surface area is 167 Å². The lowest BCUT2D eigenvalue weighted by molar-refractivity contribution is -0.138. The van der Waals surface area contributed by atoms with Crippen molar-refractivity contribution in [3.05, 3.63) is 45.2 Å². The molecule has 0 bridgehead atoms. The van der Waals surface area contributed by atoms with Gasteiger partial charge >= 0.3 is 12.1 Å². The van der Waals surface area contributed by atoms with E-state index in [-0.39, 0.29) is 23.4 Å². The molecule has 28 heavy (non-hydrogen) atoms. The molecule has 0 aliphatic carbocycles. The van der Waals surface area contributed by atoms with Crippen molar-refractivity contribution in [1.82, 2.24) is 9.88 Å². The Morgan fingerprint density at radius 3 is 2.54 bits per heavy atom. The highest BCUT2D eigenvalue weighted by atomic mass is 35.5. The van der Waals surface area contributed by atoms with E-state index in [1.807, 2.05) is 0 Å². The lowest BCUT2D eigenvalue weighted by Crippen LogP contribution is -2.50. The van der Waals surface area contributed by atoms with E-state index in [9.17, 15) is 22.8 Å². The third-order valence-electron chi connectivity index (χ3n) is 4.13. The average molecular weight is 434 g/mol. The quantitative estimate of drug-likeness (QED) is 0.692. The Kier molecular flexibility index (Phi) is 6.09. The van der Waals surface area contributed by atoms with Crippen LogP contribution in [0.1, 0.15) is 15.2 Å². The monoisotopic (exact) mass is 433 g/mol. The number of ether oxygens (including phenoxy) is 1. The minimum atomic E-state index is -4.51. The molecule has 11 heteroatoms. The summed E-state index contributed by atoms with van der Waals surface area (Å²) in [6.45, 7) is 0.963. The van der Waals surface area contributed by atoms with E-state index in [0.29, 0.717) is 31.1 Å². The number of piperazine rings is 1. The van der Waals surface area contributed by atoms with Crippen LogP contribution >= 0.6 is 22.9 Å². The molecular formula is C17H15ClF3N3O3S. The molecule has 0 unspecified atom stereocenters. The molecule has 2 aromatic heterocycles. The number of hydrogen-bond donors (Lipinski definition) is 0. The summed E-state index contributed by atoms with van der Waals surface area (Å²) in [5.74, 6) is -0.648. The highest BCUT2D eigenvalue weighted by Crippen LogP contribution is 2.33. The Bertz CT molecular complexity index is 853. The van der Waals surface area contributed by atoms with Crippen LogP contribution in [0.4, 0.5) is 19.0 Å². The van der Waals surface area contributed by atoms with Crippen LogP contribution in [0.3, 0.4) is 0 Å². The average Bonchev–Trinajstić information content (AvgIpc) is 3.20. The molecule has 6 nitrogen and oxygen atoms in total. The van der Waals surface area contributed by atoms with Crippen LogP contribution in [0.25, 0.3) is 0 Å². The summed E-state index contributed by atoms with van der Waals surface area (Å²) in [6, 6.07) is 4.16. The highest BCUT2D eigenvalue weighted by Gasteiger charge is 2.32. The van der Waals surface area contributed by atoms with Gasteiger partial charge in [0, 0.05) is 32.4 Å². The summed E-state index contributed by atoms with van der Waals surface area (Å²) in [5, 5.41) is 1.64. The number of anilines is 1. The van der Waals surface area contributed by atoms with Crippen molar-refractivity contribution in [3.63, 3.8) is 0 Å². The SMILES string of the molecule is O=C(OCC(=O)N1CCN(c2ncc(C(F)(F)F)cc2Cl)CC1)c1cccs1. The molecule has 0 atom stereocenters. The third-order valence-corrected chi connectivity index (χ3v) is 5.26. The molecule has 0 N–H and O–H groups in total.